The molecule has 0 fully saturated rings. The van der Waals surface area contributed by atoms with E-state index in [2.05, 4.69) is 19.2 Å². The Bertz CT molecular complexity index is 451. The highest BCUT2D eigenvalue weighted by atomic mass is 16.2. The first-order valence-electron chi connectivity index (χ1n) is 6.07. The fourth-order valence-electron chi connectivity index (χ4n) is 1.56. The van der Waals surface area contributed by atoms with Gasteiger partial charge in [-0.05, 0) is 38.6 Å². The van der Waals surface area contributed by atoms with Crippen LogP contribution in [0.2, 0.25) is 0 Å². The molecule has 0 aliphatic rings. The Morgan fingerprint density at radius 1 is 1.56 bits per heavy atom. The minimum absolute atomic E-state index is 0.0621. The first kappa shape index (κ1) is 14.2. The number of nitrogens with zero attached hydrogens (tertiary/aromatic N) is 2. The lowest BCUT2D eigenvalue weighted by molar-refractivity contribution is -0.117. The lowest BCUT2D eigenvalue weighted by Gasteiger charge is -2.22. The summed E-state index contributed by atoms with van der Waals surface area (Å²) in [6.45, 7) is 4.53. The maximum Gasteiger partial charge on any atom is 0.238 e. The van der Waals surface area contributed by atoms with E-state index in [0.29, 0.717) is 23.8 Å². The third kappa shape index (κ3) is 4.19. The molecule has 0 spiro atoms. The number of nitrogens with one attached hydrogen (secondary N) is 1. The monoisotopic (exact) mass is 245 g/mol. The number of rotatable bonds is 5. The maximum absolute atomic E-state index is 11.8. The van der Waals surface area contributed by atoms with Crippen molar-refractivity contribution in [2.24, 2.45) is 0 Å². The second kappa shape index (κ2) is 6.77. The third-order valence-corrected chi connectivity index (χ3v) is 3.01. The smallest absolute Gasteiger partial charge is 0.238 e. The Morgan fingerprint density at radius 2 is 2.28 bits per heavy atom. The summed E-state index contributed by atoms with van der Waals surface area (Å²) in [6, 6.07) is 9.34. The van der Waals surface area contributed by atoms with Crippen molar-refractivity contribution < 1.29 is 4.79 Å². The number of likely N-dealkylation sites (N-methyl/N-ethyl adjacent to an activating group) is 1. The minimum atomic E-state index is -0.0621. The van der Waals surface area contributed by atoms with Crippen LogP contribution in [0.1, 0.15) is 25.8 Å². The predicted molar refractivity (Wildman–Crippen MR) is 72.2 cm³/mol. The normalized spacial score (nSPS) is 11.9. The summed E-state index contributed by atoms with van der Waals surface area (Å²) >= 11 is 0. The summed E-state index contributed by atoms with van der Waals surface area (Å²) in [5.74, 6) is -0.0621. The molecule has 4 heteroatoms. The number of nitriles is 1. The van der Waals surface area contributed by atoms with Crippen LogP contribution in [0.5, 0.6) is 0 Å². The van der Waals surface area contributed by atoms with Crippen molar-refractivity contribution in [3.8, 4) is 6.07 Å². The van der Waals surface area contributed by atoms with Gasteiger partial charge in [0.2, 0.25) is 5.91 Å². The first-order chi connectivity index (χ1) is 8.56. The number of amides is 1. The van der Waals surface area contributed by atoms with Gasteiger partial charge in [-0.2, -0.15) is 5.26 Å². The van der Waals surface area contributed by atoms with Gasteiger partial charge in [-0.25, -0.2) is 0 Å². The van der Waals surface area contributed by atoms with Gasteiger partial charge in [-0.1, -0.05) is 13.0 Å². The van der Waals surface area contributed by atoms with Crippen LogP contribution in [0.3, 0.4) is 0 Å². The van der Waals surface area contributed by atoms with Crippen LogP contribution in [0.25, 0.3) is 0 Å². The number of hydrogen-bond acceptors (Lipinski definition) is 3. The number of hydrogen-bond donors (Lipinski definition) is 1. The van der Waals surface area contributed by atoms with E-state index in [1.807, 2.05) is 18.0 Å². The van der Waals surface area contributed by atoms with Gasteiger partial charge in [0.25, 0.3) is 0 Å². The van der Waals surface area contributed by atoms with Crippen LogP contribution in [-0.2, 0) is 4.79 Å². The predicted octanol–water partition coefficient (Wildman–Crippen LogP) is 2.23. The van der Waals surface area contributed by atoms with Crippen LogP contribution >= 0.6 is 0 Å². The summed E-state index contributed by atoms with van der Waals surface area (Å²) in [6.07, 6.45) is 1.01. The fraction of sp³-hybridized carbons (Fsp3) is 0.429. The standard InChI is InChI=1S/C14H19N3O/c1-4-11(2)17(3)10-14(18)16-13-7-5-6-12(8-13)9-15/h5-8,11H,4,10H2,1-3H3,(H,16,18). The van der Waals surface area contributed by atoms with Crippen LogP contribution in [0, 0.1) is 11.3 Å². The molecular formula is C14H19N3O. The van der Waals surface area contributed by atoms with Crippen molar-refractivity contribution in [1.29, 1.82) is 5.26 Å². The number of anilines is 1. The SMILES string of the molecule is CCC(C)N(C)CC(=O)Nc1cccc(C#N)c1. The van der Waals surface area contributed by atoms with Gasteiger partial charge in [0.05, 0.1) is 18.2 Å². The Morgan fingerprint density at radius 3 is 2.89 bits per heavy atom. The second-order valence-corrected chi connectivity index (χ2v) is 4.41. The van der Waals surface area contributed by atoms with E-state index in [9.17, 15) is 4.79 Å². The van der Waals surface area contributed by atoms with Crippen molar-refractivity contribution in [3.05, 3.63) is 29.8 Å². The number of benzene rings is 1. The molecule has 1 unspecified atom stereocenters. The van der Waals surface area contributed by atoms with Crippen LogP contribution in [0.15, 0.2) is 24.3 Å². The summed E-state index contributed by atoms with van der Waals surface area (Å²) in [5.41, 5.74) is 1.21. The van der Waals surface area contributed by atoms with Gasteiger partial charge in [0.1, 0.15) is 0 Å². The summed E-state index contributed by atoms with van der Waals surface area (Å²) in [7, 11) is 1.93. The van der Waals surface area contributed by atoms with E-state index >= 15 is 0 Å². The summed E-state index contributed by atoms with van der Waals surface area (Å²) < 4.78 is 0. The zero-order chi connectivity index (χ0) is 13.5. The lowest BCUT2D eigenvalue weighted by Crippen LogP contribution is -2.36. The van der Waals surface area contributed by atoms with Gasteiger partial charge >= 0.3 is 0 Å². The molecule has 0 radical (unpaired) electrons. The molecule has 1 rings (SSSR count). The van der Waals surface area contributed by atoms with Crippen LogP contribution < -0.4 is 5.32 Å². The second-order valence-electron chi connectivity index (χ2n) is 4.41. The first-order valence-corrected chi connectivity index (χ1v) is 6.07. The average molecular weight is 245 g/mol. The highest BCUT2D eigenvalue weighted by Gasteiger charge is 2.11. The van der Waals surface area contributed by atoms with Gasteiger partial charge in [-0.15, -0.1) is 0 Å². The van der Waals surface area contributed by atoms with Gasteiger partial charge in [0, 0.05) is 11.7 Å². The molecule has 0 saturated carbocycles. The zero-order valence-electron chi connectivity index (χ0n) is 11.1. The molecule has 1 atom stereocenters. The molecule has 4 nitrogen and oxygen atoms in total. The quantitative estimate of drug-likeness (QED) is 0.865. The zero-order valence-corrected chi connectivity index (χ0v) is 11.1. The summed E-state index contributed by atoms with van der Waals surface area (Å²) in [4.78, 5) is 13.8. The largest absolute Gasteiger partial charge is 0.325 e. The molecule has 0 heterocycles. The highest BCUT2D eigenvalue weighted by molar-refractivity contribution is 5.92. The molecule has 1 aromatic rings. The van der Waals surface area contributed by atoms with Gasteiger partial charge < -0.3 is 5.32 Å². The fourth-order valence-corrected chi connectivity index (χ4v) is 1.56. The summed E-state index contributed by atoms with van der Waals surface area (Å²) in [5, 5.41) is 11.6. The maximum atomic E-state index is 11.8. The molecule has 0 bridgehead atoms. The molecule has 0 aliphatic carbocycles. The van der Waals surface area contributed by atoms with Crippen molar-refractivity contribution in [2.45, 2.75) is 26.3 Å². The molecule has 0 aliphatic heterocycles. The van der Waals surface area contributed by atoms with E-state index in [1.54, 1.807) is 24.3 Å². The Kier molecular flexibility index (Phi) is 5.34. The topological polar surface area (TPSA) is 56.1 Å². The van der Waals surface area contributed by atoms with Crippen molar-refractivity contribution in [1.82, 2.24) is 4.90 Å². The van der Waals surface area contributed by atoms with Gasteiger partial charge in [0.15, 0.2) is 0 Å². The number of carbonyl (C=O) groups excluding carboxylic acids is 1. The van der Waals surface area contributed by atoms with Gasteiger partial charge in [-0.3, -0.25) is 9.69 Å². The number of carbonyl (C=O) groups is 1. The van der Waals surface area contributed by atoms with Crippen molar-refractivity contribution >= 4 is 11.6 Å². The molecule has 1 aromatic carbocycles. The Balaban J connectivity index is 2.57. The molecular weight excluding hydrogens is 226 g/mol. The van der Waals surface area contributed by atoms with E-state index in [1.165, 1.54) is 0 Å². The molecule has 18 heavy (non-hydrogen) atoms. The molecule has 96 valence electrons. The van der Waals surface area contributed by atoms with Crippen molar-refractivity contribution in [3.63, 3.8) is 0 Å². The van der Waals surface area contributed by atoms with Crippen LogP contribution in [-0.4, -0.2) is 30.4 Å². The van der Waals surface area contributed by atoms with E-state index in [-0.39, 0.29) is 5.91 Å². The molecule has 0 saturated heterocycles. The third-order valence-electron chi connectivity index (χ3n) is 3.01. The van der Waals surface area contributed by atoms with E-state index in [0.717, 1.165) is 6.42 Å². The molecule has 0 aromatic heterocycles. The van der Waals surface area contributed by atoms with E-state index < -0.39 is 0 Å². The molecule has 1 amide bonds. The van der Waals surface area contributed by atoms with Crippen LogP contribution in [0.4, 0.5) is 5.69 Å². The van der Waals surface area contributed by atoms with E-state index in [4.69, 9.17) is 5.26 Å². The minimum Gasteiger partial charge on any atom is -0.325 e. The van der Waals surface area contributed by atoms with Crippen molar-refractivity contribution in [2.75, 3.05) is 18.9 Å². The Labute approximate surface area is 108 Å². The average Bonchev–Trinajstić information content (AvgIpc) is 2.37. The Hall–Kier alpha value is -1.86. The highest BCUT2D eigenvalue weighted by Crippen LogP contribution is 2.10. The molecule has 1 N–H and O–H groups in total. The lowest BCUT2D eigenvalue weighted by atomic mass is 10.2.